The second-order valence-electron chi connectivity index (χ2n) is 2.41. The van der Waals surface area contributed by atoms with Gasteiger partial charge in [0.15, 0.2) is 0 Å². The normalized spacial score (nSPS) is 11.8. The highest BCUT2D eigenvalue weighted by Gasteiger charge is 2.03. The molecule has 0 rings (SSSR count). The SMILES string of the molecule is C=C/C=C(\C=C/C)N(C)C(C)=O. The summed E-state index contributed by atoms with van der Waals surface area (Å²) in [6.45, 7) is 7.01. The quantitative estimate of drug-likeness (QED) is 0.586. The smallest absolute Gasteiger partial charge is 0.223 e. The van der Waals surface area contributed by atoms with Crippen molar-refractivity contribution in [3.8, 4) is 0 Å². The Balaban J connectivity index is 4.62. The van der Waals surface area contributed by atoms with Gasteiger partial charge in [-0.15, -0.1) is 0 Å². The molecule has 0 atom stereocenters. The van der Waals surface area contributed by atoms with Gasteiger partial charge in [-0.25, -0.2) is 0 Å². The van der Waals surface area contributed by atoms with E-state index in [0.717, 1.165) is 5.70 Å². The topological polar surface area (TPSA) is 20.3 Å². The van der Waals surface area contributed by atoms with Crippen LogP contribution in [0.4, 0.5) is 0 Å². The third-order valence-corrected chi connectivity index (χ3v) is 1.49. The summed E-state index contributed by atoms with van der Waals surface area (Å²) in [5.41, 5.74) is 0.847. The molecule has 0 aliphatic rings. The lowest BCUT2D eigenvalue weighted by molar-refractivity contribution is -0.125. The van der Waals surface area contributed by atoms with Crippen LogP contribution in [0.3, 0.4) is 0 Å². The van der Waals surface area contributed by atoms with Crippen molar-refractivity contribution in [3.63, 3.8) is 0 Å². The molecule has 66 valence electrons. The Bertz CT molecular complexity index is 226. The van der Waals surface area contributed by atoms with Gasteiger partial charge in [0.1, 0.15) is 0 Å². The molecule has 0 spiro atoms. The van der Waals surface area contributed by atoms with Gasteiger partial charge in [0.25, 0.3) is 0 Å². The van der Waals surface area contributed by atoms with Crippen molar-refractivity contribution in [2.75, 3.05) is 7.05 Å². The Kier molecular flexibility index (Phi) is 4.77. The molecule has 0 saturated heterocycles. The fraction of sp³-hybridized carbons (Fsp3) is 0.300. The number of likely N-dealkylation sites (N-methyl/N-ethyl adjacent to an activating group) is 1. The molecule has 0 aromatic rings. The number of hydrogen-bond donors (Lipinski definition) is 0. The van der Waals surface area contributed by atoms with Gasteiger partial charge < -0.3 is 4.90 Å². The predicted molar refractivity (Wildman–Crippen MR) is 51.5 cm³/mol. The predicted octanol–water partition coefficient (Wildman–Crippen LogP) is 2.11. The minimum atomic E-state index is 0.0150. The molecule has 0 saturated carbocycles. The third kappa shape index (κ3) is 3.19. The van der Waals surface area contributed by atoms with Gasteiger partial charge in [0.2, 0.25) is 5.91 Å². The maximum Gasteiger partial charge on any atom is 0.223 e. The Morgan fingerprint density at radius 1 is 1.50 bits per heavy atom. The number of amides is 1. The fourth-order valence-corrected chi connectivity index (χ4v) is 0.752. The molecule has 1 amide bonds. The zero-order valence-corrected chi connectivity index (χ0v) is 7.87. The first-order chi connectivity index (χ1) is 5.63. The second kappa shape index (κ2) is 5.35. The minimum absolute atomic E-state index is 0.0150. The van der Waals surface area contributed by atoms with E-state index in [9.17, 15) is 4.79 Å². The first-order valence-corrected chi connectivity index (χ1v) is 3.83. The number of hydrogen-bond acceptors (Lipinski definition) is 1. The Morgan fingerprint density at radius 3 is 2.42 bits per heavy atom. The van der Waals surface area contributed by atoms with Crippen molar-refractivity contribution in [2.45, 2.75) is 13.8 Å². The van der Waals surface area contributed by atoms with E-state index >= 15 is 0 Å². The highest BCUT2D eigenvalue weighted by Crippen LogP contribution is 2.03. The Labute approximate surface area is 73.9 Å². The monoisotopic (exact) mass is 165 g/mol. The van der Waals surface area contributed by atoms with E-state index in [-0.39, 0.29) is 5.91 Å². The summed E-state index contributed by atoms with van der Waals surface area (Å²) in [5, 5.41) is 0. The molecule has 2 nitrogen and oxygen atoms in total. The fourth-order valence-electron chi connectivity index (χ4n) is 0.752. The standard InChI is InChI=1S/C10H15NO/c1-5-7-10(8-6-2)11(4)9(3)12/h5-8H,1H2,2-4H3/b8-6-,10-7+. The average Bonchev–Trinajstić information content (AvgIpc) is 2.03. The Morgan fingerprint density at radius 2 is 2.08 bits per heavy atom. The highest BCUT2D eigenvalue weighted by atomic mass is 16.2. The van der Waals surface area contributed by atoms with Gasteiger partial charge in [0, 0.05) is 19.7 Å². The zero-order chi connectivity index (χ0) is 9.56. The molecule has 0 unspecified atom stereocenters. The molecule has 2 heteroatoms. The van der Waals surface area contributed by atoms with E-state index < -0.39 is 0 Å². The molecule has 0 bridgehead atoms. The summed E-state index contributed by atoms with van der Waals surface area (Å²) in [7, 11) is 1.73. The molecular weight excluding hydrogens is 150 g/mol. The molecule has 0 radical (unpaired) electrons. The van der Waals surface area contributed by atoms with Gasteiger partial charge >= 0.3 is 0 Å². The molecule has 0 aliphatic carbocycles. The minimum Gasteiger partial charge on any atom is -0.316 e. The van der Waals surface area contributed by atoms with Crippen LogP contribution in [-0.2, 0) is 4.79 Å². The molecule has 0 fully saturated rings. The number of allylic oxidation sites excluding steroid dienone is 4. The summed E-state index contributed by atoms with van der Waals surface area (Å²) < 4.78 is 0. The molecular formula is C10H15NO. The van der Waals surface area contributed by atoms with E-state index in [0.29, 0.717) is 0 Å². The highest BCUT2D eigenvalue weighted by molar-refractivity contribution is 5.75. The molecule has 0 aliphatic heterocycles. The van der Waals surface area contributed by atoms with Crippen LogP contribution in [0.15, 0.2) is 36.6 Å². The molecule has 0 aromatic carbocycles. The number of carbonyl (C=O) groups is 1. The first-order valence-electron chi connectivity index (χ1n) is 3.83. The van der Waals surface area contributed by atoms with Gasteiger partial charge in [-0.1, -0.05) is 18.7 Å². The zero-order valence-electron chi connectivity index (χ0n) is 7.87. The number of nitrogens with zero attached hydrogens (tertiary/aromatic N) is 1. The van der Waals surface area contributed by atoms with Crippen LogP contribution in [0.1, 0.15) is 13.8 Å². The second-order valence-corrected chi connectivity index (χ2v) is 2.41. The lowest BCUT2D eigenvalue weighted by atomic mass is 10.3. The van der Waals surface area contributed by atoms with Crippen molar-refractivity contribution < 1.29 is 4.79 Å². The van der Waals surface area contributed by atoms with Gasteiger partial charge in [0.05, 0.1) is 0 Å². The molecule has 0 N–H and O–H groups in total. The van der Waals surface area contributed by atoms with Crippen molar-refractivity contribution in [3.05, 3.63) is 36.6 Å². The van der Waals surface area contributed by atoms with Gasteiger partial charge in [-0.05, 0) is 19.1 Å². The lowest BCUT2D eigenvalue weighted by Crippen LogP contribution is -2.21. The molecule has 0 heterocycles. The van der Waals surface area contributed by atoms with Crippen molar-refractivity contribution in [1.82, 2.24) is 4.90 Å². The lowest BCUT2D eigenvalue weighted by Gasteiger charge is -2.15. The van der Waals surface area contributed by atoms with Crippen LogP contribution in [-0.4, -0.2) is 17.9 Å². The summed E-state index contributed by atoms with van der Waals surface area (Å²) in [6.07, 6.45) is 7.20. The first kappa shape index (κ1) is 10.7. The average molecular weight is 165 g/mol. The van der Waals surface area contributed by atoms with Crippen LogP contribution in [0.2, 0.25) is 0 Å². The van der Waals surface area contributed by atoms with Crippen LogP contribution in [0, 0.1) is 0 Å². The van der Waals surface area contributed by atoms with Crippen LogP contribution in [0.25, 0.3) is 0 Å². The number of rotatable bonds is 3. The maximum atomic E-state index is 11.0. The van der Waals surface area contributed by atoms with Crippen molar-refractivity contribution in [2.24, 2.45) is 0 Å². The maximum absolute atomic E-state index is 11.0. The molecule has 12 heavy (non-hydrogen) atoms. The third-order valence-electron chi connectivity index (χ3n) is 1.49. The van der Waals surface area contributed by atoms with E-state index in [1.54, 1.807) is 24.1 Å². The number of carbonyl (C=O) groups excluding carboxylic acids is 1. The van der Waals surface area contributed by atoms with Crippen molar-refractivity contribution >= 4 is 5.91 Å². The van der Waals surface area contributed by atoms with Crippen molar-refractivity contribution in [1.29, 1.82) is 0 Å². The van der Waals surface area contributed by atoms with E-state index in [1.165, 1.54) is 6.92 Å². The van der Waals surface area contributed by atoms with Crippen LogP contribution < -0.4 is 0 Å². The molecule has 0 aromatic heterocycles. The Hall–Kier alpha value is -1.31. The van der Waals surface area contributed by atoms with E-state index in [4.69, 9.17) is 0 Å². The summed E-state index contributed by atoms with van der Waals surface area (Å²) in [4.78, 5) is 12.5. The van der Waals surface area contributed by atoms with Gasteiger partial charge in [-0.3, -0.25) is 4.79 Å². The largest absolute Gasteiger partial charge is 0.316 e. The summed E-state index contributed by atoms with van der Waals surface area (Å²) >= 11 is 0. The summed E-state index contributed by atoms with van der Waals surface area (Å²) in [5.74, 6) is 0.0150. The van der Waals surface area contributed by atoms with E-state index in [1.807, 2.05) is 19.1 Å². The van der Waals surface area contributed by atoms with Crippen LogP contribution in [0.5, 0.6) is 0 Å². The van der Waals surface area contributed by atoms with E-state index in [2.05, 4.69) is 6.58 Å². The van der Waals surface area contributed by atoms with Gasteiger partial charge in [-0.2, -0.15) is 0 Å². The van der Waals surface area contributed by atoms with Crippen LogP contribution >= 0.6 is 0 Å². The summed E-state index contributed by atoms with van der Waals surface area (Å²) in [6, 6.07) is 0.